The van der Waals surface area contributed by atoms with Crippen LogP contribution in [0.1, 0.15) is 23.2 Å². The second-order valence-corrected chi connectivity index (χ2v) is 6.26. The van der Waals surface area contributed by atoms with E-state index in [1.165, 1.54) is 12.1 Å². The van der Waals surface area contributed by atoms with Crippen LogP contribution in [0.15, 0.2) is 48.5 Å². The molecule has 1 amide bonds. The summed E-state index contributed by atoms with van der Waals surface area (Å²) in [5.74, 6) is 0.507. The third-order valence-electron chi connectivity index (χ3n) is 4.40. The number of ether oxygens (including phenoxy) is 2. The third kappa shape index (κ3) is 5.02. The first kappa shape index (κ1) is 18.3. The van der Waals surface area contributed by atoms with Crippen molar-refractivity contribution < 1.29 is 23.0 Å². The molecule has 2 aromatic carbocycles. The van der Waals surface area contributed by atoms with E-state index < -0.39 is 6.61 Å². The highest BCUT2D eigenvalue weighted by molar-refractivity contribution is 5.95. The number of halogens is 2. The van der Waals surface area contributed by atoms with Gasteiger partial charge in [0, 0.05) is 25.3 Å². The Morgan fingerprint density at radius 2 is 2.00 bits per heavy atom. The van der Waals surface area contributed by atoms with Gasteiger partial charge in [-0.2, -0.15) is 8.78 Å². The van der Waals surface area contributed by atoms with Crippen molar-refractivity contribution in [3.8, 4) is 16.9 Å². The maximum absolute atomic E-state index is 12.3. The third-order valence-corrected chi connectivity index (χ3v) is 4.40. The van der Waals surface area contributed by atoms with Crippen LogP contribution in [-0.4, -0.2) is 32.3 Å². The van der Waals surface area contributed by atoms with Crippen LogP contribution in [0.4, 0.5) is 8.78 Å². The number of hydrogen-bond acceptors (Lipinski definition) is 3. The van der Waals surface area contributed by atoms with Crippen LogP contribution in [0, 0.1) is 5.92 Å². The molecule has 0 radical (unpaired) electrons. The molecule has 138 valence electrons. The quantitative estimate of drug-likeness (QED) is 0.807. The summed E-state index contributed by atoms with van der Waals surface area (Å²) in [5, 5.41) is 2.94. The van der Waals surface area contributed by atoms with E-state index in [4.69, 9.17) is 4.74 Å². The molecule has 1 unspecified atom stereocenters. The summed E-state index contributed by atoms with van der Waals surface area (Å²) in [6.45, 7) is -0.640. The van der Waals surface area contributed by atoms with Crippen LogP contribution < -0.4 is 10.1 Å². The lowest BCUT2D eigenvalue weighted by Gasteiger charge is -2.10. The standard InChI is InChI=1S/C20H21F2NO3/c21-20(22)26-18-6-4-15(5-7-18)16-2-1-3-17(12-16)19(24)23-10-8-14-9-11-25-13-14/h1-7,12,14,20H,8-11,13H2,(H,23,24). The summed E-state index contributed by atoms with van der Waals surface area (Å²) in [7, 11) is 0. The Hall–Kier alpha value is -2.47. The van der Waals surface area contributed by atoms with Gasteiger partial charge in [0.1, 0.15) is 5.75 Å². The summed E-state index contributed by atoms with van der Waals surface area (Å²) in [5.41, 5.74) is 2.23. The van der Waals surface area contributed by atoms with Crippen molar-refractivity contribution in [3.05, 3.63) is 54.1 Å². The molecule has 1 atom stereocenters. The average molecular weight is 361 g/mol. The zero-order chi connectivity index (χ0) is 18.4. The number of carbonyl (C=O) groups excluding carboxylic acids is 1. The van der Waals surface area contributed by atoms with Gasteiger partial charge in [-0.25, -0.2) is 0 Å². The first-order valence-electron chi connectivity index (χ1n) is 8.63. The van der Waals surface area contributed by atoms with Crippen molar-refractivity contribution in [2.45, 2.75) is 19.5 Å². The fraction of sp³-hybridized carbons (Fsp3) is 0.350. The number of hydrogen-bond donors (Lipinski definition) is 1. The Bertz CT molecular complexity index is 728. The van der Waals surface area contributed by atoms with Gasteiger partial charge in [-0.05, 0) is 54.2 Å². The molecule has 4 nitrogen and oxygen atoms in total. The molecule has 0 aromatic heterocycles. The van der Waals surface area contributed by atoms with Gasteiger partial charge < -0.3 is 14.8 Å². The summed E-state index contributed by atoms with van der Waals surface area (Å²) in [6, 6.07) is 13.6. The molecule has 0 bridgehead atoms. The molecule has 2 aromatic rings. The largest absolute Gasteiger partial charge is 0.435 e. The van der Waals surface area contributed by atoms with E-state index in [2.05, 4.69) is 10.1 Å². The van der Waals surface area contributed by atoms with Crippen molar-refractivity contribution in [3.63, 3.8) is 0 Å². The Labute approximate surface area is 151 Å². The maximum Gasteiger partial charge on any atom is 0.387 e. The van der Waals surface area contributed by atoms with Gasteiger partial charge in [-0.1, -0.05) is 24.3 Å². The Kier molecular flexibility index (Phi) is 6.17. The molecule has 1 N–H and O–H groups in total. The molecule has 6 heteroatoms. The maximum atomic E-state index is 12.3. The second kappa shape index (κ2) is 8.76. The number of alkyl halides is 2. The van der Waals surface area contributed by atoms with Gasteiger partial charge in [0.15, 0.2) is 0 Å². The summed E-state index contributed by atoms with van der Waals surface area (Å²) in [6.07, 6.45) is 1.97. The predicted octanol–water partition coefficient (Wildman–Crippen LogP) is 4.11. The summed E-state index contributed by atoms with van der Waals surface area (Å²) < 4.78 is 34.1. The van der Waals surface area contributed by atoms with E-state index in [0.717, 1.165) is 37.2 Å². The summed E-state index contributed by atoms with van der Waals surface area (Å²) >= 11 is 0. The van der Waals surface area contributed by atoms with E-state index in [1.807, 2.05) is 6.07 Å². The van der Waals surface area contributed by atoms with Crippen LogP contribution in [-0.2, 0) is 4.74 Å². The number of nitrogens with one attached hydrogen (secondary N) is 1. The zero-order valence-corrected chi connectivity index (χ0v) is 14.3. The lowest BCUT2D eigenvalue weighted by molar-refractivity contribution is -0.0498. The molecule has 0 spiro atoms. The van der Waals surface area contributed by atoms with Crippen LogP contribution in [0.3, 0.4) is 0 Å². The first-order valence-corrected chi connectivity index (χ1v) is 8.63. The topological polar surface area (TPSA) is 47.6 Å². The molecule has 1 saturated heterocycles. The van der Waals surface area contributed by atoms with Crippen molar-refractivity contribution in [1.82, 2.24) is 5.32 Å². The Morgan fingerprint density at radius 3 is 2.69 bits per heavy atom. The van der Waals surface area contributed by atoms with Crippen molar-refractivity contribution in [2.24, 2.45) is 5.92 Å². The number of amides is 1. The molecule has 3 rings (SSSR count). The molecule has 1 fully saturated rings. The smallest absolute Gasteiger partial charge is 0.387 e. The molecule has 26 heavy (non-hydrogen) atoms. The van der Waals surface area contributed by atoms with E-state index in [-0.39, 0.29) is 11.7 Å². The highest BCUT2D eigenvalue weighted by Crippen LogP contribution is 2.24. The number of benzene rings is 2. The van der Waals surface area contributed by atoms with Crippen molar-refractivity contribution >= 4 is 5.91 Å². The van der Waals surface area contributed by atoms with Crippen LogP contribution >= 0.6 is 0 Å². The molecule has 1 aliphatic heterocycles. The highest BCUT2D eigenvalue weighted by atomic mass is 19.3. The molecule has 0 saturated carbocycles. The Balaban J connectivity index is 1.60. The molecule has 0 aliphatic carbocycles. The summed E-state index contributed by atoms with van der Waals surface area (Å²) in [4.78, 5) is 12.3. The van der Waals surface area contributed by atoms with E-state index >= 15 is 0 Å². The van der Waals surface area contributed by atoms with Gasteiger partial charge >= 0.3 is 6.61 Å². The van der Waals surface area contributed by atoms with E-state index in [9.17, 15) is 13.6 Å². The highest BCUT2D eigenvalue weighted by Gasteiger charge is 2.15. The lowest BCUT2D eigenvalue weighted by atomic mass is 10.0. The SMILES string of the molecule is O=C(NCCC1CCOC1)c1cccc(-c2ccc(OC(F)F)cc2)c1. The minimum absolute atomic E-state index is 0.105. The minimum atomic E-state index is -2.84. The van der Waals surface area contributed by atoms with Crippen LogP contribution in [0.2, 0.25) is 0 Å². The van der Waals surface area contributed by atoms with E-state index in [1.54, 1.807) is 30.3 Å². The van der Waals surface area contributed by atoms with E-state index in [0.29, 0.717) is 18.0 Å². The zero-order valence-electron chi connectivity index (χ0n) is 14.3. The van der Waals surface area contributed by atoms with Crippen LogP contribution in [0.25, 0.3) is 11.1 Å². The fourth-order valence-electron chi connectivity index (χ4n) is 2.97. The van der Waals surface area contributed by atoms with Crippen molar-refractivity contribution in [2.75, 3.05) is 19.8 Å². The first-order chi connectivity index (χ1) is 12.6. The van der Waals surface area contributed by atoms with Gasteiger partial charge in [0.25, 0.3) is 5.91 Å². The Morgan fingerprint density at radius 1 is 1.19 bits per heavy atom. The van der Waals surface area contributed by atoms with Gasteiger partial charge in [0.2, 0.25) is 0 Å². The van der Waals surface area contributed by atoms with Gasteiger partial charge in [-0.15, -0.1) is 0 Å². The second-order valence-electron chi connectivity index (χ2n) is 6.26. The molecular weight excluding hydrogens is 340 g/mol. The molecule has 1 heterocycles. The van der Waals surface area contributed by atoms with Crippen LogP contribution in [0.5, 0.6) is 5.75 Å². The predicted molar refractivity (Wildman–Crippen MR) is 94.4 cm³/mol. The normalized spacial score (nSPS) is 16.7. The lowest BCUT2D eigenvalue weighted by Crippen LogP contribution is -2.26. The van der Waals surface area contributed by atoms with Crippen molar-refractivity contribution in [1.29, 1.82) is 0 Å². The minimum Gasteiger partial charge on any atom is -0.435 e. The van der Waals surface area contributed by atoms with Gasteiger partial charge in [0.05, 0.1) is 0 Å². The van der Waals surface area contributed by atoms with Gasteiger partial charge in [-0.3, -0.25) is 4.79 Å². The molecule has 1 aliphatic rings. The number of carbonyl (C=O) groups is 1. The fourth-order valence-corrected chi connectivity index (χ4v) is 2.97. The average Bonchev–Trinajstić information content (AvgIpc) is 3.15. The monoisotopic (exact) mass is 361 g/mol. The molecular formula is C20H21F2NO3. The number of rotatable bonds is 7.